The van der Waals surface area contributed by atoms with Crippen LogP contribution in [0.15, 0.2) is 30.3 Å². The second kappa shape index (κ2) is 8.91. The molecule has 140 valence electrons. The molecule has 0 radical (unpaired) electrons. The molecule has 0 saturated heterocycles. The second-order valence-electron chi connectivity index (χ2n) is 4.84. The van der Waals surface area contributed by atoms with Crippen molar-refractivity contribution in [2.75, 3.05) is 20.5 Å². The zero-order valence-electron chi connectivity index (χ0n) is 13.5. The summed E-state index contributed by atoms with van der Waals surface area (Å²) in [5.41, 5.74) is -1.62. The Hall–Kier alpha value is -2.00. The van der Waals surface area contributed by atoms with E-state index >= 15 is 0 Å². The molecule has 1 rings (SSSR count). The SMILES string of the molecule is CCOC(=O)/C=C(\c1cccc(COCOC)c1)C(F)(F)C(F)(F)F. The van der Waals surface area contributed by atoms with E-state index in [1.165, 1.54) is 26.2 Å². The Morgan fingerprint density at radius 1 is 1.20 bits per heavy atom. The number of halogens is 5. The van der Waals surface area contributed by atoms with E-state index in [1.54, 1.807) is 0 Å². The van der Waals surface area contributed by atoms with Crippen molar-refractivity contribution < 1.29 is 41.0 Å². The molecule has 0 unspecified atom stereocenters. The van der Waals surface area contributed by atoms with Crippen molar-refractivity contribution in [2.24, 2.45) is 0 Å². The summed E-state index contributed by atoms with van der Waals surface area (Å²) in [5, 5.41) is 0. The molecule has 1 aromatic rings. The second-order valence-corrected chi connectivity index (χ2v) is 4.84. The standard InChI is InChI=1S/C16H17F5O4/c1-3-25-14(22)8-13(15(17,18)16(19,20)21)12-6-4-5-11(7-12)9-24-10-23-2/h4-8H,3,9-10H2,1-2H3/b13-8+. The van der Waals surface area contributed by atoms with E-state index in [9.17, 15) is 26.7 Å². The molecule has 1 aromatic carbocycles. The minimum Gasteiger partial charge on any atom is -0.463 e. The molecule has 0 aliphatic carbocycles. The summed E-state index contributed by atoms with van der Waals surface area (Å²) in [6.07, 6.45) is -5.71. The fourth-order valence-corrected chi connectivity index (χ4v) is 1.88. The molecule has 0 aromatic heterocycles. The van der Waals surface area contributed by atoms with Gasteiger partial charge in [0.15, 0.2) is 0 Å². The number of hydrogen-bond donors (Lipinski definition) is 0. The van der Waals surface area contributed by atoms with Gasteiger partial charge in [0.05, 0.1) is 13.2 Å². The third-order valence-electron chi connectivity index (χ3n) is 2.95. The van der Waals surface area contributed by atoms with Crippen LogP contribution in [0.4, 0.5) is 22.0 Å². The lowest BCUT2D eigenvalue weighted by Crippen LogP contribution is -2.38. The van der Waals surface area contributed by atoms with Gasteiger partial charge in [0.25, 0.3) is 0 Å². The van der Waals surface area contributed by atoms with Gasteiger partial charge in [0, 0.05) is 18.8 Å². The molecule has 0 amide bonds. The van der Waals surface area contributed by atoms with Gasteiger partial charge >= 0.3 is 18.1 Å². The van der Waals surface area contributed by atoms with Crippen molar-refractivity contribution in [3.8, 4) is 0 Å². The molecule has 4 nitrogen and oxygen atoms in total. The van der Waals surface area contributed by atoms with Gasteiger partial charge in [-0.1, -0.05) is 18.2 Å². The van der Waals surface area contributed by atoms with Gasteiger partial charge in [0.2, 0.25) is 0 Å². The van der Waals surface area contributed by atoms with E-state index in [1.807, 2.05) is 0 Å². The average Bonchev–Trinajstić information content (AvgIpc) is 2.52. The Labute approximate surface area is 141 Å². The Morgan fingerprint density at radius 3 is 2.44 bits per heavy atom. The van der Waals surface area contributed by atoms with Gasteiger partial charge in [0.1, 0.15) is 6.79 Å². The van der Waals surface area contributed by atoms with Gasteiger partial charge in [-0.25, -0.2) is 4.79 Å². The number of esters is 1. The van der Waals surface area contributed by atoms with Gasteiger partial charge in [-0.15, -0.1) is 0 Å². The highest BCUT2D eigenvalue weighted by Gasteiger charge is 2.60. The monoisotopic (exact) mass is 368 g/mol. The molecule has 0 N–H and O–H groups in total. The van der Waals surface area contributed by atoms with Crippen molar-refractivity contribution in [2.45, 2.75) is 25.6 Å². The summed E-state index contributed by atoms with van der Waals surface area (Å²) >= 11 is 0. The molecule has 0 heterocycles. The van der Waals surface area contributed by atoms with Gasteiger partial charge < -0.3 is 14.2 Å². The first kappa shape index (κ1) is 21.0. The predicted octanol–water partition coefficient (Wildman–Crippen LogP) is 3.95. The predicted molar refractivity (Wildman–Crippen MR) is 78.7 cm³/mol. The van der Waals surface area contributed by atoms with Crippen LogP contribution in [-0.2, 0) is 25.6 Å². The molecule has 9 heteroatoms. The Balaban J connectivity index is 3.29. The number of benzene rings is 1. The molecule has 0 bridgehead atoms. The van der Waals surface area contributed by atoms with Crippen LogP contribution in [0.1, 0.15) is 18.1 Å². The fraction of sp³-hybridized carbons (Fsp3) is 0.438. The van der Waals surface area contributed by atoms with Gasteiger partial charge in [-0.2, -0.15) is 22.0 Å². The van der Waals surface area contributed by atoms with E-state index in [0.717, 1.165) is 12.1 Å². The Bertz CT molecular complexity index is 611. The number of allylic oxidation sites excluding steroid dienone is 1. The number of ether oxygens (including phenoxy) is 3. The number of methoxy groups -OCH3 is 1. The lowest BCUT2D eigenvalue weighted by molar-refractivity contribution is -0.254. The number of hydrogen-bond acceptors (Lipinski definition) is 4. The first-order valence-corrected chi connectivity index (χ1v) is 7.13. The maximum atomic E-state index is 13.9. The minimum absolute atomic E-state index is 0.0635. The number of alkyl halides is 5. The topological polar surface area (TPSA) is 44.8 Å². The molecule has 0 atom stereocenters. The summed E-state index contributed by atoms with van der Waals surface area (Å²) in [4.78, 5) is 11.5. The summed E-state index contributed by atoms with van der Waals surface area (Å²) in [6, 6.07) is 4.89. The van der Waals surface area contributed by atoms with Crippen molar-refractivity contribution in [1.82, 2.24) is 0 Å². The zero-order valence-corrected chi connectivity index (χ0v) is 13.5. The van der Waals surface area contributed by atoms with Gasteiger partial charge in [-0.3, -0.25) is 0 Å². The average molecular weight is 368 g/mol. The van der Waals surface area contributed by atoms with Crippen molar-refractivity contribution >= 4 is 11.5 Å². The van der Waals surface area contributed by atoms with Crippen molar-refractivity contribution in [3.63, 3.8) is 0 Å². The lowest BCUT2D eigenvalue weighted by atomic mass is 9.97. The highest BCUT2D eigenvalue weighted by Crippen LogP contribution is 2.45. The van der Waals surface area contributed by atoms with Crippen LogP contribution in [-0.4, -0.2) is 38.6 Å². The summed E-state index contributed by atoms with van der Waals surface area (Å²) in [7, 11) is 1.38. The van der Waals surface area contributed by atoms with Crippen LogP contribution < -0.4 is 0 Å². The molecule has 25 heavy (non-hydrogen) atoms. The zero-order chi connectivity index (χ0) is 19.1. The van der Waals surface area contributed by atoms with E-state index in [2.05, 4.69) is 9.47 Å². The highest BCUT2D eigenvalue weighted by molar-refractivity contribution is 5.93. The largest absolute Gasteiger partial charge is 0.463 e. The van der Waals surface area contributed by atoms with Crippen molar-refractivity contribution in [3.05, 3.63) is 41.5 Å². The smallest absolute Gasteiger partial charge is 0.458 e. The summed E-state index contributed by atoms with van der Waals surface area (Å²) < 4.78 is 80.2. The molecule has 0 saturated carbocycles. The van der Waals surface area contributed by atoms with Crippen molar-refractivity contribution in [1.29, 1.82) is 0 Å². The molecule has 0 aliphatic rings. The Kier molecular flexibility index (Phi) is 7.50. The summed E-state index contributed by atoms with van der Waals surface area (Å²) in [6.45, 7) is 1.10. The highest BCUT2D eigenvalue weighted by atomic mass is 19.4. The van der Waals surface area contributed by atoms with Crippen LogP contribution in [0.3, 0.4) is 0 Å². The van der Waals surface area contributed by atoms with Crippen LogP contribution in [0, 0.1) is 0 Å². The molecule has 0 fully saturated rings. The first-order valence-electron chi connectivity index (χ1n) is 7.13. The van der Waals surface area contributed by atoms with E-state index in [0.29, 0.717) is 5.56 Å². The van der Waals surface area contributed by atoms with E-state index in [-0.39, 0.29) is 26.1 Å². The maximum Gasteiger partial charge on any atom is 0.458 e. The first-order chi connectivity index (χ1) is 11.6. The third kappa shape index (κ3) is 5.79. The van der Waals surface area contributed by atoms with Crippen LogP contribution >= 0.6 is 0 Å². The number of carbonyl (C=O) groups excluding carboxylic acids is 1. The van der Waals surface area contributed by atoms with Crippen LogP contribution in [0.2, 0.25) is 0 Å². The number of carbonyl (C=O) groups is 1. The Morgan fingerprint density at radius 2 is 1.88 bits per heavy atom. The maximum absolute atomic E-state index is 13.9. The van der Waals surface area contributed by atoms with E-state index in [4.69, 9.17) is 4.74 Å². The molecule has 0 aliphatic heterocycles. The molecular weight excluding hydrogens is 351 g/mol. The lowest BCUT2D eigenvalue weighted by Gasteiger charge is -2.23. The quantitative estimate of drug-likeness (QED) is 0.229. The van der Waals surface area contributed by atoms with Crippen LogP contribution in [0.5, 0.6) is 0 Å². The third-order valence-corrected chi connectivity index (χ3v) is 2.95. The minimum atomic E-state index is -5.87. The summed E-state index contributed by atoms with van der Waals surface area (Å²) in [5.74, 6) is -6.52. The molecular formula is C16H17F5O4. The van der Waals surface area contributed by atoms with E-state index < -0.39 is 29.2 Å². The normalized spacial score (nSPS) is 13.0. The molecule has 0 spiro atoms. The fourth-order valence-electron chi connectivity index (χ4n) is 1.88. The van der Waals surface area contributed by atoms with Crippen LogP contribution in [0.25, 0.3) is 5.57 Å². The number of rotatable bonds is 8. The van der Waals surface area contributed by atoms with Gasteiger partial charge in [-0.05, 0) is 24.1 Å².